The smallest absolute Gasteiger partial charge is 0.344 e. The Kier molecular flexibility index (Phi) is 5.20. The summed E-state index contributed by atoms with van der Waals surface area (Å²) in [4.78, 5) is 24.7. The summed E-state index contributed by atoms with van der Waals surface area (Å²) in [6.07, 6.45) is 1.06. The highest BCUT2D eigenvalue weighted by molar-refractivity contribution is 5.95. The van der Waals surface area contributed by atoms with Crippen molar-refractivity contribution in [3.8, 4) is 0 Å². The van der Waals surface area contributed by atoms with Crippen molar-refractivity contribution in [1.82, 2.24) is 0 Å². The molecule has 0 aliphatic carbocycles. The fourth-order valence-electron chi connectivity index (χ4n) is 3.03. The van der Waals surface area contributed by atoms with Crippen molar-refractivity contribution in [1.29, 1.82) is 0 Å². The number of esters is 1. The summed E-state index contributed by atoms with van der Waals surface area (Å²) in [5.41, 5.74) is 1.01. The van der Waals surface area contributed by atoms with Crippen LogP contribution >= 0.6 is 0 Å². The van der Waals surface area contributed by atoms with Gasteiger partial charge >= 0.3 is 5.97 Å². The Morgan fingerprint density at radius 1 is 1.39 bits per heavy atom. The number of methoxy groups -OCH3 is 2. The monoisotopic (exact) mass is 322 g/mol. The minimum atomic E-state index is -0.699. The molecule has 7 heteroatoms. The van der Waals surface area contributed by atoms with E-state index in [1.54, 1.807) is 26.2 Å². The molecule has 0 amide bonds. The van der Waals surface area contributed by atoms with Gasteiger partial charge in [-0.3, -0.25) is 10.1 Å². The summed E-state index contributed by atoms with van der Waals surface area (Å²) in [5, 5.41) is 11.3. The molecule has 0 aromatic heterocycles. The zero-order valence-electron chi connectivity index (χ0n) is 13.9. The summed E-state index contributed by atoms with van der Waals surface area (Å²) >= 11 is 0. The lowest BCUT2D eigenvalue weighted by molar-refractivity contribution is -0.385. The van der Waals surface area contributed by atoms with Crippen LogP contribution in [0.1, 0.15) is 29.3 Å². The van der Waals surface area contributed by atoms with E-state index in [1.807, 2.05) is 0 Å². The Balaban J connectivity index is 2.42. The van der Waals surface area contributed by atoms with Crippen molar-refractivity contribution in [3.05, 3.63) is 33.4 Å². The van der Waals surface area contributed by atoms with Crippen LogP contribution in [-0.4, -0.2) is 44.3 Å². The SMILES string of the molecule is COC(=O)c1cc(N2CCC(C)C(OC)C2)cc(C)c1[N+](=O)[O-]. The van der Waals surface area contributed by atoms with Gasteiger partial charge in [-0.05, 0) is 31.4 Å². The third kappa shape index (κ3) is 3.44. The lowest BCUT2D eigenvalue weighted by atomic mass is 9.95. The highest BCUT2D eigenvalue weighted by Gasteiger charge is 2.30. The molecular weight excluding hydrogens is 300 g/mol. The van der Waals surface area contributed by atoms with Gasteiger partial charge in [0.25, 0.3) is 5.69 Å². The molecule has 2 atom stereocenters. The number of rotatable bonds is 4. The Morgan fingerprint density at radius 3 is 2.65 bits per heavy atom. The maximum atomic E-state index is 11.9. The van der Waals surface area contributed by atoms with Crippen molar-refractivity contribution >= 4 is 17.3 Å². The van der Waals surface area contributed by atoms with Gasteiger partial charge in [0.05, 0.1) is 18.1 Å². The maximum absolute atomic E-state index is 11.9. The number of aryl methyl sites for hydroxylation is 1. The number of anilines is 1. The molecule has 7 nitrogen and oxygen atoms in total. The van der Waals surface area contributed by atoms with Gasteiger partial charge < -0.3 is 14.4 Å². The number of benzene rings is 1. The summed E-state index contributed by atoms with van der Waals surface area (Å²) in [6, 6.07) is 3.28. The van der Waals surface area contributed by atoms with E-state index in [0.29, 0.717) is 18.0 Å². The highest BCUT2D eigenvalue weighted by Crippen LogP contribution is 2.32. The first-order chi connectivity index (χ1) is 10.9. The molecule has 2 rings (SSSR count). The first-order valence-electron chi connectivity index (χ1n) is 7.54. The summed E-state index contributed by atoms with van der Waals surface area (Å²) in [7, 11) is 2.91. The van der Waals surface area contributed by atoms with Gasteiger partial charge in [-0.1, -0.05) is 6.92 Å². The number of nitro groups is 1. The lowest BCUT2D eigenvalue weighted by Crippen LogP contribution is -2.44. The van der Waals surface area contributed by atoms with Crippen molar-refractivity contribution < 1.29 is 19.2 Å². The first kappa shape index (κ1) is 17.2. The van der Waals surface area contributed by atoms with E-state index < -0.39 is 10.9 Å². The molecule has 23 heavy (non-hydrogen) atoms. The van der Waals surface area contributed by atoms with Gasteiger partial charge in [-0.15, -0.1) is 0 Å². The van der Waals surface area contributed by atoms with E-state index >= 15 is 0 Å². The molecule has 0 saturated carbocycles. The average molecular weight is 322 g/mol. The fourth-order valence-corrected chi connectivity index (χ4v) is 3.03. The maximum Gasteiger partial charge on any atom is 0.344 e. The molecule has 2 unspecified atom stereocenters. The van der Waals surface area contributed by atoms with Crippen molar-refractivity contribution in [3.63, 3.8) is 0 Å². The molecule has 126 valence electrons. The Morgan fingerprint density at radius 2 is 2.09 bits per heavy atom. The quantitative estimate of drug-likeness (QED) is 0.481. The number of carbonyl (C=O) groups excluding carboxylic acids is 1. The van der Waals surface area contributed by atoms with Crippen LogP contribution in [0.5, 0.6) is 0 Å². The summed E-state index contributed by atoms with van der Waals surface area (Å²) in [5.74, 6) is -0.245. The third-order valence-corrected chi connectivity index (χ3v) is 4.43. The van der Waals surface area contributed by atoms with Gasteiger partial charge in [0.1, 0.15) is 5.56 Å². The number of ether oxygens (including phenoxy) is 2. The number of hydrogen-bond acceptors (Lipinski definition) is 6. The second-order valence-electron chi connectivity index (χ2n) is 5.89. The van der Waals surface area contributed by atoms with Crippen LogP contribution in [0.2, 0.25) is 0 Å². The van der Waals surface area contributed by atoms with E-state index in [-0.39, 0.29) is 17.4 Å². The molecule has 1 heterocycles. The fraction of sp³-hybridized carbons (Fsp3) is 0.562. The van der Waals surface area contributed by atoms with Crippen LogP contribution in [0, 0.1) is 23.0 Å². The van der Waals surface area contributed by atoms with Gasteiger partial charge in [-0.2, -0.15) is 0 Å². The topological polar surface area (TPSA) is 81.9 Å². The molecule has 1 aliphatic rings. The van der Waals surface area contributed by atoms with E-state index in [4.69, 9.17) is 9.47 Å². The number of nitrogens with zero attached hydrogens (tertiary/aromatic N) is 2. The average Bonchev–Trinajstić information content (AvgIpc) is 2.53. The molecule has 1 aromatic rings. The highest BCUT2D eigenvalue weighted by atomic mass is 16.6. The molecule has 1 aliphatic heterocycles. The Bertz CT molecular complexity index is 617. The van der Waals surface area contributed by atoms with Gasteiger partial charge in [-0.25, -0.2) is 4.79 Å². The minimum absolute atomic E-state index is 0.0138. The van der Waals surface area contributed by atoms with Crippen LogP contribution in [0.3, 0.4) is 0 Å². The second kappa shape index (κ2) is 6.95. The van der Waals surface area contributed by atoms with E-state index in [2.05, 4.69) is 11.8 Å². The van der Waals surface area contributed by atoms with Gasteiger partial charge in [0.2, 0.25) is 0 Å². The van der Waals surface area contributed by atoms with Crippen molar-refractivity contribution in [2.75, 3.05) is 32.2 Å². The molecular formula is C16H22N2O5. The van der Waals surface area contributed by atoms with Crippen molar-refractivity contribution in [2.45, 2.75) is 26.4 Å². The predicted molar refractivity (Wildman–Crippen MR) is 86.0 cm³/mol. The van der Waals surface area contributed by atoms with Crippen LogP contribution in [0.25, 0.3) is 0 Å². The largest absolute Gasteiger partial charge is 0.465 e. The van der Waals surface area contributed by atoms with E-state index in [9.17, 15) is 14.9 Å². The van der Waals surface area contributed by atoms with Crippen molar-refractivity contribution in [2.24, 2.45) is 5.92 Å². The van der Waals surface area contributed by atoms with Gasteiger partial charge in [0.15, 0.2) is 0 Å². The number of piperidine rings is 1. The first-order valence-corrected chi connectivity index (χ1v) is 7.54. The van der Waals surface area contributed by atoms with Crippen LogP contribution in [0.15, 0.2) is 12.1 Å². The second-order valence-corrected chi connectivity index (χ2v) is 5.89. The summed E-state index contributed by atoms with van der Waals surface area (Å²) in [6.45, 7) is 5.29. The predicted octanol–water partition coefficient (Wildman–Crippen LogP) is 2.55. The standard InChI is InChI=1S/C16H22N2O5/c1-10-5-6-17(9-14(10)22-3)12-7-11(2)15(18(20)21)13(8-12)16(19)23-4/h7-8,10,14H,5-6,9H2,1-4H3. The minimum Gasteiger partial charge on any atom is -0.465 e. The van der Waals surface area contributed by atoms with E-state index in [0.717, 1.165) is 18.7 Å². The van der Waals surface area contributed by atoms with Crippen LogP contribution in [0.4, 0.5) is 11.4 Å². The molecule has 0 spiro atoms. The molecule has 0 N–H and O–H groups in total. The number of nitro benzene ring substituents is 1. The lowest BCUT2D eigenvalue weighted by Gasteiger charge is -2.37. The van der Waals surface area contributed by atoms with Gasteiger partial charge in [0, 0.05) is 31.5 Å². The molecule has 1 aromatic carbocycles. The summed E-state index contributed by atoms with van der Waals surface area (Å²) < 4.78 is 10.2. The molecule has 0 radical (unpaired) electrons. The molecule has 1 saturated heterocycles. The van der Waals surface area contributed by atoms with Crippen LogP contribution in [-0.2, 0) is 9.47 Å². The molecule has 0 bridgehead atoms. The van der Waals surface area contributed by atoms with E-state index in [1.165, 1.54) is 7.11 Å². The molecule has 1 fully saturated rings. The zero-order chi connectivity index (χ0) is 17.1. The normalized spacial score (nSPS) is 21.1. The zero-order valence-corrected chi connectivity index (χ0v) is 13.9. The number of carbonyl (C=O) groups is 1. The van der Waals surface area contributed by atoms with Crippen LogP contribution < -0.4 is 4.90 Å². The third-order valence-electron chi connectivity index (χ3n) is 4.43. The Labute approximate surface area is 135 Å². The Hall–Kier alpha value is -2.15. The number of hydrogen-bond donors (Lipinski definition) is 0.